The first kappa shape index (κ1) is 16.8. The predicted molar refractivity (Wildman–Crippen MR) is 84.5 cm³/mol. The minimum absolute atomic E-state index is 0.0803. The Labute approximate surface area is 127 Å². The molecule has 1 N–H and O–H groups in total. The molecule has 21 heavy (non-hydrogen) atoms. The molecule has 1 aromatic carbocycles. The van der Waals surface area contributed by atoms with Crippen molar-refractivity contribution < 1.29 is 14.6 Å². The lowest BCUT2D eigenvalue weighted by Gasteiger charge is -2.08. The Balaban J connectivity index is 2.52. The molecule has 0 aliphatic heterocycles. The van der Waals surface area contributed by atoms with E-state index in [0.29, 0.717) is 18.1 Å². The first-order valence-corrected chi connectivity index (χ1v) is 7.28. The molecular weight excluding hydrogens is 264 g/mol. The summed E-state index contributed by atoms with van der Waals surface area (Å²) in [6, 6.07) is 4.88. The summed E-state index contributed by atoms with van der Waals surface area (Å²) in [6.45, 7) is 4.75. The van der Waals surface area contributed by atoms with Crippen molar-refractivity contribution in [2.45, 2.75) is 39.5 Å². The highest BCUT2D eigenvalue weighted by molar-refractivity contribution is 5.44. The minimum Gasteiger partial charge on any atom is -0.504 e. The van der Waals surface area contributed by atoms with Crippen LogP contribution >= 0.6 is 0 Å². The van der Waals surface area contributed by atoms with Gasteiger partial charge in [0.1, 0.15) is 19.0 Å². The Morgan fingerprint density at radius 3 is 2.14 bits per heavy atom. The fourth-order valence-corrected chi connectivity index (χ4v) is 1.46. The fraction of sp³-hybridized carbons (Fsp3) is 0.444. The topological polar surface area (TPSA) is 38.7 Å². The third kappa shape index (κ3) is 7.18. The van der Waals surface area contributed by atoms with Gasteiger partial charge in [-0.05, 0) is 25.0 Å². The lowest BCUT2D eigenvalue weighted by molar-refractivity contribution is 0.331. The summed E-state index contributed by atoms with van der Waals surface area (Å²) in [5, 5.41) is 9.72. The van der Waals surface area contributed by atoms with Gasteiger partial charge in [-0.1, -0.05) is 37.5 Å². The van der Waals surface area contributed by atoms with E-state index in [1.807, 2.05) is 0 Å². The van der Waals surface area contributed by atoms with Crippen molar-refractivity contribution >= 4 is 0 Å². The second-order valence-corrected chi connectivity index (χ2v) is 4.41. The van der Waals surface area contributed by atoms with Gasteiger partial charge in [-0.15, -0.1) is 0 Å². The average Bonchev–Trinajstić information content (AvgIpc) is 2.49. The lowest BCUT2D eigenvalue weighted by atomic mass is 10.3. The highest BCUT2D eigenvalue weighted by Gasteiger charge is 2.04. The second-order valence-electron chi connectivity index (χ2n) is 4.41. The molecule has 0 saturated carbocycles. The van der Waals surface area contributed by atoms with Crippen molar-refractivity contribution in [2.24, 2.45) is 0 Å². The summed E-state index contributed by atoms with van der Waals surface area (Å²) in [6.07, 6.45) is 3.81. The van der Waals surface area contributed by atoms with Crippen LogP contribution in [0.15, 0.2) is 18.2 Å². The Hall–Kier alpha value is -2.26. The first-order valence-electron chi connectivity index (χ1n) is 7.28. The van der Waals surface area contributed by atoms with E-state index in [4.69, 9.17) is 9.47 Å². The van der Waals surface area contributed by atoms with Gasteiger partial charge in [-0.2, -0.15) is 0 Å². The highest BCUT2D eigenvalue weighted by Crippen LogP contribution is 2.30. The quantitative estimate of drug-likeness (QED) is 0.809. The van der Waals surface area contributed by atoms with Crippen molar-refractivity contribution in [3.63, 3.8) is 0 Å². The first-order chi connectivity index (χ1) is 10.3. The van der Waals surface area contributed by atoms with Gasteiger partial charge >= 0.3 is 0 Å². The monoisotopic (exact) mass is 286 g/mol. The van der Waals surface area contributed by atoms with Gasteiger partial charge in [-0.25, -0.2) is 0 Å². The average molecular weight is 286 g/mol. The molecule has 0 heterocycles. The Bertz CT molecular complexity index is 541. The summed E-state index contributed by atoms with van der Waals surface area (Å²) in [4.78, 5) is 0. The Morgan fingerprint density at radius 2 is 1.52 bits per heavy atom. The van der Waals surface area contributed by atoms with Crippen molar-refractivity contribution in [3.05, 3.63) is 18.2 Å². The zero-order chi connectivity index (χ0) is 15.3. The van der Waals surface area contributed by atoms with E-state index in [-0.39, 0.29) is 12.4 Å². The zero-order valence-corrected chi connectivity index (χ0v) is 12.7. The summed E-state index contributed by atoms with van der Waals surface area (Å²) in [5.74, 6) is 12.9. The molecule has 0 amide bonds. The Morgan fingerprint density at radius 1 is 0.905 bits per heavy atom. The van der Waals surface area contributed by atoms with Gasteiger partial charge in [0.15, 0.2) is 11.5 Å². The third-order valence-electron chi connectivity index (χ3n) is 2.54. The number of hydrogen-bond acceptors (Lipinski definition) is 3. The smallest absolute Gasteiger partial charge is 0.166 e. The third-order valence-corrected chi connectivity index (χ3v) is 2.54. The molecular formula is C18H22O3. The number of rotatable bonds is 6. The van der Waals surface area contributed by atoms with E-state index in [1.54, 1.807) is 18.2 Å². The molecule has 112 valence electrons. The molecule has 3 nitrogen and oxygen atoms in total. The van der Waals surface area contributed by atoms with Gasteiger partial charge in [0, 0.05) is 18.9 Å². The van der Waals surface area contributed by atoms with Crippen LogP contribution in [-0.4, -0.2) is 18.3 Å². The maximum absolute atomic E-state index is 9.72. The molecule has 0 spiro atoms. The van der Waals surface area contributed by atoms with Gasteiger partial charge < -0.3 is 14.6 Å². The number of phenolic OH excluding ortho intramolecular Hbond substituents is 1. The Kier molecular flexibility index (Phi) is 8.41. The molecule has 0 atom stereocenters. The normalized spacial score (nSPS) is 9.05. The van der Waals surface area contributed by atoms with Gasteiger partial charge in [0.05, 0.1) is 0 Å². The number of ether oxygens (including phenoxy) is 2. The van der Waals surface area contributed by atoms with Crippen LogP contribution in [0.4, 0.5) is 0 Å². The van der Waals surface area contributed by atoms with E-state index >= 15 is 0 Å². The number of phenols is 1. The number of unbranched alkanes of at least 4 members (excludes halogenated alkanes) is 2. The largest absolute Gasteiger partial charge is 0.504 e. The van der Waals surface area contributed by atoms with Crippen LogP contribution in [0.25, 0.3) is 0 Å². The summed E-state index contributed by atoms with van der Waals surface area (Å²) >= 11 is 0. The van der Waals surface area contributed by atoms with Crippen LogP contribution < -0.4 is 9.47 Å². The SMILES string of the molecule is CCCC#CCOc1ccc(O)c(OCC#CCCC)c1. The molecule has 0 aliphatic rings. The zero-order valence-electron chi connectivity index (χ0n) is 12.7. The summed E-state index contributed by atoms with van der Waals surface area (Å²) in [7, 11) is 0. The van der Waals surface area contributed by atoms with E-state index in [2.05, 4.69) is 37.5 Å². The van der Waals surface area contributed by atoms with Gasteiger partial charge in [0.25, 0.3) is 0 Å². The van der Waals surface area contributed by atoms with Crippen LogP contribution in [0.3, 0.4) is 0 Å². The van der Waals surface area contributed by atoms with Crippen LogP contribution in [0.5, 0.6) is 17.2 Å². The van der Waals surface area contributed by atoms with E-state index in [1.165, 1.54) is 0 Å². The fourth-order valence-electron chi connectivity index (χ4n) is 1.46. The molecule has 3 heteroatoms. The molecule has 0 radical (unpaired) electrons. The van der Waals surface area contributed by atoms with Crippen molar-refractivity contribution in [2.75, 3.05) is 13.2 Å². The molecule has 0 bridgehead atoms. The maximum Gasteiger partial charge on any atom is 0.166 e. The van der Waals surface area contributed by atoms with Gasteiger partial charge in [0.2, 0.25) is 0 Å². The summed E-state index contributed by atoms with van der Waals surface area (Å²) in [5.41, 5.74) is 0. The highest BCUT2D eigenvalue weighted by atomic mass is 16.5. The number of aromatic hydroxyl groups is 1. The van der Waals surface area contributed by atoms with Crippen LogP contribution in [-0.2, 0) is 0 Å². The second kappa shape index (κ2) is 10.5. The van der Waals surface area contributed by atoms with Crippen LogP contribution in [0.2, 0.25) is 0 Å². The van der Waals surface area contributed by atoms with Crippen molar-refractivity contribution in [3.8, 4) is 40.9 Å². The van der Waals surface area contributed by atoms with Gasteiger partial charge in [-0.3, -0.25) is 0 Å². The van der Waals surface area contributed by atoms with E-state index < -0.39 is 0 Å². The molecule has 0 fully saturated rings. The molecule has 0 aliphatic carbocycles. The van der Waals surface area contributed by atoms with Crippen LogP contribution in [0, 0.1) is 23.7 Å². The number of benzene rings is 1. The molecule has 0 unspecified atom stereocenters. The predicted octanol–water partition coefficient (Wildman–Crippen LogP) is 3.76. The van der Waals surface area contributed by atoms with Crippen LogP contribution in [0.1, 0.15) is 39.5 Å². The van der Waals surface area contributed by atoms with E-state index in [0.717, 1.165) is 25.7 Å². The molecule has 0 aromatic heterocycles. The van der Waals surface area contributed by atoms with E-state index in [9.17, 15) is 5.11 Å². The minimum atomic E-state index is 0.0803. The molecule has 1 aromatic rings. The van der Waals surface area contributed by atoms with Crippen molar-refractivity contribution in [1.29, 1.82) is 0 Å². The standard InChI is InChI=1S/C18H22O3/c1-3-5-7-9-13-20-16-11-12-17(19)18(15-16)21-14-10-8-6-4-2/h11-12,15,19H,3-6,13-14H2,1-2H3. The maximum atomic E-state index is 9.72. The van der Waals surface area contributed by atoms with Crippen molar-refractivity contribution in [1.82, 2.24) is 0 Å². The lowest BCUT2D eigenvalue weighted by Crippen LogP contribution is -1.97. The summed E-state index contributed by atoms with van der Waals surface area (Å²) < 4.78 is 10.9. The number of hydrogen-bond donors (Lipinski definition) is 1. The molecule has 1 rings (SSSR count). The molecule has 0 saturated heterocycles.